The van der Waals surface area contributed by atoms with E-state index in [0.717, 1.165) is 44.0 Å². The predicted octanol–water partition coefficient (Wildman–Crippen LogP) is 2.94. The van der Waals surface area contributed by atoms with Gasteiger partial charge in [0.15, 0.2) is 0 Å². The highest BCUT2D eigenvalue weighted by atomic mass is 16.5. The molecule has 5 nitrogen and oxygen atoms in total. The Labute approximate surface area is 131 Å². The number of nitrogens with zero attached hydrogens (tertiary/aromatic N) is 2. The van der Waals surface area contributed by atoms with E-state index in [1.807, 2.05) is 24.5 Å². The van der Waals surface area contributed by atoms with Crippen LogP contribution in [0.3, 0.4) is 0 Å². The molecule has 120 valence electrons. The maximum atomic E-state index is 5.94. The van der Waals surface area contributed by atoms with Crippen LogP contribution in [-0.2, 0) is 17.7 Å². The zero-order valence-electron chi connectivity index (χ0n) is 13.4. The van der Waals surface area contributed by atoms with E-state index in [4.69, 9.17) is 9.15 Å². The first kappa shape index (κ1) is 15.3. The Bertz CT molecular complexity index is 564. The number of nitrogens with one attached hydrogen (secondary N) is 1. The van der Waals surface area contributed by atoms with Gasteiger partial charge in [0.2, 0.25) is 0 Å². The predicted molar refractivity (Wildman–Crippen MR) is 84.6 cm³/mol. The van der Waals surface area contributed by atoms with Crippen LogP contribution in [0.15, 0.2) is 35.2 Å². The molecule has 1 aliphatic heterocycles. The summed E-state index contributed by atoms with van der Waals surface area (Å²) in [5.74, 6) is 2.09. The molecular formula is C17H25N3O2. The monoisotopic (exact) mass is 303 g/mol. The summed E-state index contributed by atoms with van der Waals surface area (Å²) in [6, 6.07) is 4.73. The smallest absolute Gasteiger partial charge is 0.139 e. The fraction of sp³-hybridized carbons (Fsp3) is 0.588. The summed E-state index contributed by atoms with van der Waals surface area (Å²) in [7, 11) is 0. The van der Waals surface area contributed by atoms with Gasteiger partial charge >= 0.3 is 0 Å². The quantitative estimate of drug-likeness (QED) is 0.854. The van der Waals surface area contributed by atoms with Crippen molar-refractivity contribution in [2.24, 2.45) is 0 Å². The molecule has 0 radical (unpaired) electrons. The zero-order valence-corrected chi connectivity index (χ0v) is 13.4. The summed E-state index contributed by atoms with van der Waals surface area (Å²) >= 11 is 0. The van der Waals surface area contributed by atoms with E-state index >= 15 is 0 Å². The van der Waals surface area contributed by atoms with E-state index in [1.54, 1.807) is 6.26 Å². The molecule has 3 rings (SSSR count). The lowest BCUT2D eigenvalue weighted by Gasteiger charge is -2.24. The lowest BCUT2D eigenvalue weighted by atomic mass is 10.1. The van der Waals surface area contributed by atoms with Gasteiger partial charge in [-0.1, -0.05) is 0 Å². The summed E-state index contributed by atoms with van der Waals surface area (Å²) in [6.45, 7) is 6.08. The molecule has 2 aromatic rings. The van der Waals surface area contributed by atoms with Crippen LogP contribution in [0.5, 0.6) is 0 Å². The number of ether oxygens (including phenoxy) is 1. The van der Waals surface area contributed by atoms with Crippen LogP contribution in [0.1, 0.15) is 44.4 Å². The number of furan rings is 1. The van der Waals surface area contributed by atoms with Crippen LogP contribution in [0, 0.1) is 0 Å². The molecule has 0 amide bonds. The van der Waals surface area contributed by atoms with Gasteiger partial charge < -0.3 is 19.0 Å². The number of hydrogen-bond donors (Lipinski definition) is 1. The van der Waals surface area contributed by atoms with Gasteiger partial charge in [-0.25, -0.2) is 4.98 Å². The number of aryl methyl sites for hydroxylation is 2. The Balaban J connectivity index is 1.56. The minimum atomic E-state index is 0.0565. The summed E-state index contributed by atoms with van der Waals surface area (Å²) in [5.41, 5.74) is 0. The highest BCUT2D eigenvalue weighted by Crippen LogP contribution is 2.28. The molecule has 1 saturated heterocycles. The van der Waals surface area contributed by atoms with Crippen molar-refractivity contribution in [1.29, 1.82) is 0 Å². The molecule has 1 unspecified atom stereocenters. The standard InChI is InChI=1S/C17H25N3O2/c1-3-20-10-9-18-17(20)16-15(8-12-22-16)19-13(2)6-7-14-5-4-11-21-14/h4-5,9-11,13,15-16,19H,3,6-8,12H2,1-2H3/t13?,15-,16-/m0/s1. The third-order valence-corrected chi connectivity index (χ3v) is 4.34. The fourth-order valence-corrected chi connectivity index (χ4v) is 3.12. The normalized spacial score (nSPS) is 23.0. The third-order valence-electron chi connectivity index (χ3n) is 4.34. The number of hydrogen-bond acceptors (Lipinski definition) is 4. The molecule has 0 bridgehead atoms. The minimum Gasteiger partial charge on any atom is -0.469 e. The minimum absolute atomic E-state index is 0.0565. The van der Waals surface area contributed by atoms with Crippen LogP contribution >= 0.6 is 0 Å². The second kappa shape index (κ2) is 7.11. The van der Waals surface area contributed by atoms with E-state index in [9.17, 15) is 0 Å². The zero-order chi connectivity index (χ0) is 15.4. The summed E-state index contributed by atoms with van der Waals surface area (Å²) < 4.78 is 13.5. The first-order valence-corrected chi connectivity index (χ1v) is 8.19. The number of imidazole rings is 1. The Morgan fingerprint density at radius 3 is 3.18 bits per heavy atom. The van der Waals surface area contributed by atoms with E-state index in [-0.39, 0.29) is 6.10 Å². The Hall–Kier alpha value is -1.59. The molecule has 1 N–H and O–H groups in total. The largest absolute Gasteiger partial charge is 0.469 e. The second-order valence-corrected chi connectivity index (χ2v) is 5.94. The molecule has 5 heteroatoms. The van der Waals surface area contributed by atoms with Crippen molar-refractivity contribution < 1.29 is 9.15 Å². The van der Waals surface area contributed by atoms with E-state index in [0.29, 0.717) is 12.1 Å². The highest BCUT2D eigenvalue weighted by molar-refractivity contribution is 5.04. The van der Waals surface area contributed by atoms with Gasteiger partial charge in [0, 0.05) is 44.0 Å². The van der Waals surface area contributed by atoms with Gasteiger partial charge in [-0.3, -0.25) is 0 Å². The first-order valence-electron chi connectivity index (χ1n) is 8.19. The second-order valence-electron chi connectivity index (χ2n) is 5.94. The molecule has 3 heterocycles. The van der Waals surface area contributed by atoms with Crippen molar-refractivity contribution in [2.75, 3.05) is 6.61 Å². The summed E-state index contributed by atoms with van der Waals surface area (Å²) in [5, 5.41) is 3.71. The van der Waals surface area contributed by atoms with Crippen LogP contribution in [0.2, 0.25) is 0 Å². The molecular weight excluding hydrogens is 278 g/mol. The lowest BCUT2D eigenvalue weighted by Crippen LogP contribution is -2.39. The third kappa shape index (κ3) is 3.42. The van der Waals surface area contributed by atoms with Crippen LogP contribution in [0.4, 0.5) is 0 Å². The van der Waals surface area contributed by atoms with Gasteiger partial charge in [0.1, 0.15) is 17.7 Å². The molecule has 0 aliphatic carbocycles. The SMILES string of the molecule is CCn1ccnc1[C@H]1OCC[C@@H]1NC(C)CCc1ccco1. The topological polar surface area (TPSA) is 52.2 Å². The molecule has 0 aromatic carbocycles. The van der Waals surface area contributed by atoms with Crippen molar-refractivity contribution in [2.45, 2.75) is 57.8 Å². The van der Waals surface area contributed by atoms with E-state index in [1.165, 1.54) is 0 Å². The molecule has 0 spiro atoms. The first-order chi connectivity index (χ1) is 10.8. The van der Waals surface area contributed by atoms with E-state index in [2.05, 4.69) is 28.7 Å². The van der Waals surface area contributed by atoms with Crippen molar-refractivity contribution in [3.8, 4) is 0 Å². The molecule has 3 atom stereocenters. The van der Waals surface area contributed by atoms with E-state index < -0.39 is 0 Å². The average molecular weight is 303 g/mol. The summed E-state index contributed by atoms with van der Waals surface area (Å²) in [6.07, 6.45) is 8.72. The fourth-order valence-electron chi connectivity index (χ4n) is 3.12. The van der Waals surface area contributed by atoms with Crippen LogP contribution in [-0.4, -0.2) is 28.2 Å². The van der Waals surface area contributed by atoms with Crippen LogP contribution < -0.4 is 5.32 Å². The van der Waals surface area contributed by atoms with Gasteiger partial charge in [0.05, 0.1) is 6.26 Å². The maximum absolute atomic E-state index is 5.94. The Kier molecular flexibility index (Phi) is 4.95. The number of aromatic nitrogens is 2. The molecule has 0 saturated carbocycles. The maximum Gasteiger partial charge on any atom is 0.139 e. The molecule has 2 aromatic heterocycles. The summed E-state index contributed by atoms with van der Waals surface area (Å²) in [4.78, 5) is 4.50. The average Bonchev–Trinajstić information content (AvgIpc) is 3.25. The number of rotatable bonds is 7. The Morgan fingerprint density at radius 2 is 2.41 bits per heavy atom. The van der Waals surface area contributed by atoms with Crippen molar-refractivity contribution >= 4 is 0 Å². The molecule has 1 fully saturated rings. The van der Waals surface area contributed by atoms with Gasteiger partial charge in [-0.2, -0.15) is 0 Å². The Morgan fingerprint density at radius 1 is 1.50 bits per heavy atom. The lowest BCUT2D eigenvalue weighted by molar-refractivity contribution is 0.0867. The van der Waals surface area contributed by atoms with Gasteiger partial charge in [0.25, 0.3) is 0 Å². The molecule has 1 aliphatic rings. The highest BCUT2D eigenvalue weighted by Gasteiger charge is 2.33. The molecule has 22 heavy (non-hydrogen) atoms. The van der Waals surface area contributed by atoms with Crippen molar-refractivity contribution in [3.63, 3.8) is 0 Å². The van der Waals surface area contributed by atoms with Gasteiger partial charge in [-0.05, 0) is 38.8 Å². The van der Waals surface area contributed by atoms with Crippen molar-refractivity contribution in [3.05, 3.63) is 42.4 Å². The van der Waals surface area contributed by atoms with Gasteiger partial charge in [-0.15, -0.1) is 0 Å². The van der Waals surface area contributed by atoms with Crippen molar-refractivity contribution in [1.82, 2.24) is 14.9 Å². The van der Waals surface area contributed by atoms with Crippen LogP contribution in [0.25, 0.3) is 0 Å².